The lowest BCUT2D eigenvalue weighted by atomic mass is 10.2. The summed E-state index contributed by atoms with van der Waals surface area (Å²) >= 11 is 0. The first kappa shape index (κ1) is 24.4. The van der Waals surface area contributed by atoms with E-state index in [0.717, 1.165) is 15.7 Å². The Bertz CT molecular complexity index is 1090. The van der Waals surface area contributed by atoms with E-state index in [1.54, 1.807) is 6.07 Å². The molecule has 9 nitrogen and oxygen atoms in total. The van der Waals surface area contributed by atoms with E-state index in [2.05, 4.69) is 5.32 Å². The molecule has 1 N–H and O–H groups in total. The van der Waals surface area contributed by atoms with E-state index in [1.165, 1.54) is 39.4 Å². The molecule has 0 saturated carbocycles. The largest absolute Gasteiger partial charge is 0.495 e. The molecule has 0 aliphatic carbocycles. The molecule has 0 saturated heterocycles. The molecule has 170 valence electrons. The third-order valence-corrected chi connectivity index (χ3v) is 6.59. The average Bonchev–Trinajstić information content (AvgIpc) is 3.00. The SMILES string of the molecule is COc1ccc(S(=O)(=O)N(C)C)cc1NC(=O)COC(=O)c1cc(C)n(C(C)C)c1C. The zero-order valence-electron chi connectivity index (χ0n) is 18.8. The van der Waals surface area contributed by atoms with E-state index in [1.807, 2.05) is 32.3 Å². The van der Waals surface area contributed by atoms with Gasteiger partial charge in [-0.05, 0) is 52.0 Å². The Morgan fingerprint density at radius 3 is 2.32 bits per heavy atom. The minimum absolute atomic E-state index is 0.00767. The molecule has 0 atom stereocenters. The first-order valence-electron chi connectivity index (χ1n) is 9.66. The van der Waals surface area contributed by atoms with Gasteiger partial charge in [-0.3, -0.25) is 4.79 Å². The number of esters is 1. The van der Waals surface area contributed by atoms with E-state index in [-0.39, 0.29) is 22.4 Å². The second kappa shape index (κ2) is 9.52. The van der Waals surface area contributed by atoms with Crippen LogP contribution < -0.4 is 10.1 Å². The molecule has 0 spiro atoms. The number of rotatable bonds is 8. The molecule has 1 aromatic carbocycles. The van der Waals surface area contributed by atoms with Crippen LogP contribution in [0, 0.1) is 13.8 Å². The number of carbonyl (C=O) groups excluding carboxylic acids is 2. The maximum Gasteiger partial charge on any atom is 0.340 e. The molecule has 0 aliphatic heterocycles. The first-order chi connectivity index (χ1) is 14.4. The fourth-order valence-electron chi connectivity index (χ4n) is 3.33. The minimum atomic E-state index is -3.70. The van der Waals surface area contributed by atoms with Gasteiger partial charge in [0.15, 0.2) is 6.61 Å². The molecule has 0 bridgehead atoms. The molecule has 0 fully saturated rings. The minimum Gasteiger partial charge on any atom is -0.495 e. The summed E-state index contributed by atoms with van der Waals surface area (Å²) in [5.41, 5.74) is 2.24. The van der Waals surface area contributed by atoms with E-state index >= 15 is 0 Å². The number of nitrogens with one attached hydrogen (secondary N) is 1. The van der Waals surface area contributed by atoms with Gasteiger partial charge < -0.3 is 19.4 Å². The molecular formula is C21H29N3O6S. The molecule has 1 heterocycles. The van der Waals surface area contributed by atoms with E-state index in [9.17, 15) is 18.0 Å². The summed E-state index contributed by atoms with van der Waals surface area (Å²) in [7, 11) is 0.522. The second-order valence-electron chi connectivity index (χ2n) is 7.52. The van der Waals surface area contributed by atoms with E-state index < -0.39 is 28.5 Å². The van der Waals surface area contributed by atoms with Crippen molar-refractivity contribution in [3.8, 4) is 5.75 Å². The van der Waals surface area contributed by atoms with Crippen LogP contribution in [0.15, 0.2) is 29.2 Å². The van der Waals surface area contributed by atoms with E-state index in [4.69, 9.17) is 9.47 Å². The molecule has 10 heteroatoms. The van der Waals surface area contributed by atoms with Gasteiger partial charge in [-0.25, -0.2) is 17.5 Å². The number of benzene rings is 1. The van der Waals surface area contributed by atoms with Crippen LogP contribution in [0.3, 0.4) is 0 Å². The van der Waals surface area contributed by atoms with Gasteiger partial charge in [0.1, 0.15) is 5.75 Å². The number of ether oxygens (including phenoxy) is 2. The lowest BCUT2D eigenvalue weighted by Crippen LogP contribution is -2.23. The predicted octanol–water partition coefficient (Wildman–Crippen LogP) is 2.74. The van der Waals surface area contributed by atoms with Crippen LogP contribution >= 0.6 is 0 Å². The number of nitrogens with zero attached hydrogens (tertiary/aromatic N) is 2. The van der Waals surface area contributed by atoms with Crippen molar-refractivity contribution in [2.24, 2.45) is 0 Å². The first-order valence-corrected chi connectivity index (χ1v) is 11.1. The number of sulfonamides is 1. The summed E-state index contributed by atoms with van der Waals surface area (Å²) in [4.78, 5) is 24.8. The summed E-state index contributed by atoms with van der Waals surface area (Å²) < 4.78 is 38.1. The Morgan fingerprint density at radius 1 is 1.16 bits per heavy atom. The van der Waals surface area contributed by atoms with Crippen LogP contribution in [-0.2, 0) is 19.6 Å². The van der Waals surface area contributed by atoms with Crippen molar-refractivity contribution < 1.29 is 27.5 Å². The topological polar surface area (TPSA) is 107 Å². The summed E-state index contributed by atoms with van der Waals surface area (Å²) in [5.74, 6) is -0.951. The van der Waals surface area contributed by atoms with Gasteiger partial charge in [0.25, 0.3) is 5.91 Å². The fourth-order valence-corrected chi connectivity index (χ4v) is 4.26. The van der Waals surface area contributed by atoms with Crippen LogP contribution in [0.1, 0.15) is 41.6 Å². The highest BCUT2D eigenvalue weighted by molar-refractivity contribution is 7.89. The lowest BCUT2D eigenvalue weighted by Gasteiger charge is -2.15. The van der Waals surface area contributed by atoms with Crippen molar-refractivity contribution in [2.45, 2.75) is 38.6 Å². The van der Waals surface area contributed by atoms with Gasteiger partial charge in [-0.2, -0.15) is 0 Å². The van der Waals surface area contributed by atoms with Crippen LogP contribution in [0.5, 0.6) is 5.75 Å². The highest BCUT2D eigenvalue weighted by atomic mass is 32.2. The summed E-state index contributed by atoms with van der Waals surface area (Å²) in [6.07, 6.45) is 0. The molecule has 2 aromatic rings. The number of hydrogen-bond donors (Lipinski definition) is 1. The zero-order valence-corrected chi connectivity index (χ0v) is 19.7. The van der Waals surface area contributed by atoms with Crippen LogP contribution in [-0.4, -0.2) is 57.0 Å². The summed E-state index contributed by atoms with van der Waals surface area (Å²) in [6.45, 7) is 7.22. The van der Waals surface area contributed by atoms with Gasteiger partial charge in [-0.15, -0.1) is 0 Å². The summed E-state index contributed by atoms with van der Waals surface area (Å²) in [5, 5.41) is 2.54. The maximum absolute atomic E-state index is 12.5. The van der Waals surface area contributed by atoms with Gasteiger partial charge in [0.2, 0.25) is 10.0 Å². The third-order valence-electron chi connectivity index (χ3n) is 4.78. The van der Waals surface area contributed by atoms with Gasteiger partial charge in [0, 0.05) is 31.5 Å². The smallest absolute Gasteiger partial charge is 0.340 e. The third kappa shape index (κ3) is 5.26. The van der Waals surface area contributed by atoms with Gasteiger partial charge in [-0.1, -0.05) is 0 Å². The second-order valence-corrected chi connectivity index (χ2v) is 9.67. The summed E-state index contributed by atoms with van der Waals surface area (Å²) in [6, 6.07) is 6.04. The Labute approximate surface area is 183 Å². The number of aryl methyl sites for hydroxylation is 1. The van der Waals surface area contributed by atoms with Gasteiger partial charge in [0.05, 0.1) is 23.3 Å². The average molecular weight is 452 g/mol. The number of amides is 1. The Morgan fingerprint density at radius 2 is 1.81 bits per heavy atom. The normalized spacial score (nSPS) is 11.6. The van der Waals surface area contributed by atoms with Crippen molar-refractivity contribution in [3.63, 3.8) is 0 Å². The molecule has 0 unspecified atom stereocenters. The number of hydrogen-bond acceptors (Lipinski definition) is 6. The monoisotopic (exact) mass is 451 g/mol. The quantitative estimate of drug-likeness (QED) is 0.619. The Hall–Kier alpha value is -2.85. The molecule has 1 aromatic heterocycles. The van der Waals surface area contributed by atoms with Crippen LogP contribution in [0.4, 0.5) is 5.69 Å². The fraction of sp³-hybridized carbons (Fsp3) is 0.429. The number of anilines is 1. The Kier molecular flexibility index (Phi) is 7.50. The molecular weight excluding hydrogens is 422 g/mol. The Balaban J connectivity index is 2.14. The van der Waals surface area contributed by atoms with Crippen molar-refractivity contribution in [3.05, 3.63) is 41.2 Å². The molecule has 31 heavy (non-hydrogen) atoms. The molecule has 2 rings (SSSR count). The predicted molar refractivity (Wildman–Crippen MR) is 117 cm³/mol. The van der Waals surface area contributed by atoms with Crippen molar-refractivity contribution in [2.75, 3.05) is 33.1 Å². The molecule has 1 amide bonds. The molecule has 0 radical (unpaired) electrons. The van der Waals surface area contributed by atoms with Crippen LogP contribution in [0.2, 0.25) is 0 Å². The van der Waals surface area contributed by atoms with Crippen molar-refractivity contribution >= 4 is 27.6 Å². The highest BCUT2D eigenvalue weighted by Gasteiger charge is 2.21. The van der Waals surface area contributed by atoms with Crippen LogP contribution in [0.25, 0.3) is 0 Å². The lowest BCUT2D eigenvalue weighted by molar-refractivity contribution is -0.119. The number of carbonyl (C=O) groups is 2. The standard InChI is InChI=1S/C21H29N3O6S/c1-13(2)24-14(3)10-17(15(24)4)21(26)30-12-20(25)22-18-11-16(8-9-19(18)29-7)31(27,28)23(5)6/h8-11,13H,12H2,1-7H3,(H,22,25). The van der Waals surface area contributed by atoms with E-state index in [0.29, 0.717) is 5.56 Å². The van der Waals surface area contributed by atoms with Crippen molar-refractivity contribution in [1.82, 2.24) is 8.87 Å². The molecule has 0 aliphatic rings. The maximum atomic E-state index is 12.5. The number of aromatic nitrogens is 1. The number of methoxy groups -OCH3 is 1. The highest BCUT2D eigenvalue weighted by Crippen LogP contribution is 2.28. The van der Waals surface area contributed by atoms with Gasteiger partial charge >= 0.3 is 5.97 Å². The zero-order chi connectivity index (χ0) is 23.5. The van der Waals surface area contributed by atoms with Crippen molar-refractivity contribution in [1.29, 1.82) is 0 Å².